The lowest BCUT2D eigenvalue weighted by molar-refractivity contribution is -0.126. The van der Waals surface area contributed by atoms with Crippen LogP contribution in [0.5, 0.6) is 11.5 Å². The zero-order valence-corrected chi connectivity index (χ0v) is 16.3. The Morgan fingerprint density at radius 3 is 2.33 bits per heavy atom. The molecule has 3 amide bonds. The van der Waals surface area contributed by atoms with E-state index in [-0.39, 0.29) is 24.9 Å². The van der Waals surface area contributed by atoms with Crippen LogP contribution in [0.2, 0.25) is 0 Å². The van der Waals surface area contributed by atoms with Crippen LogP contribution in [0, 0.1) is 5.92 Å². The zero-order chi connectivity index (χ0) is 20.0. The largest absolute Gasteiger partial charge is 0.497 e. The summed E-state index contributed by atoms with van der Waals surface area (Å²) in [5.74, 6) is 0.259. The van der Waals surface area contributed by atoms with Crippen molar-refractivity contribution in [3.05, 3.63) is 18.2 Å². The molecule has 1 aliphatic rings. The highest BCUT2D eigenvalue weighted by Crippen LogP contribution is 2.28. The van der Waals surface area contributed by atoms with E-state index in [0.29, 0.717) is 30.0 Å². The van der Waals surface area contributed by atoms with Crippen molar-refractivity contribution in [1.29, 1.82) is 0 Å². The van der Waals surface area contributed by atoms with Gasteiger partial charge in [0.2, 0.25) is 15.9 Å². The molecule has 150 valence electrons. The highest BCUT2D eigenvalue weighted by atomic mass is 32.2. The molecule has 1 saturated heterocycles. The third-order valence-corrected chi connectivity index (χ3v) is 5.55. The van der Waals surface area contributed by atoms with E-state index in [1.54, 1.807) is 18.2 Å². The number of hydrogen-bond donors (Lipinski definition) is 3. The first kappa shape index (κ1) is 20.8. The molecule has 1 aliphatic heterocycles. The van der Waals surface area contributed by atoms with Gasteiger partial charge in [-0.1, -0.05) is 0 Å². The van der Waals surface area contributed by atoms with Gasteiger partial charge in [-0.2, -0.15) is 0 Å². The standard InChI is InChI=1S/C16H24N4O6S/c1-25-12-4-5-13(14(10-12)26-2)17-16(22)19-18-15(21)11-6-8-20(9-7-11)27(3,23)24/h4-5,10-11H,6-9H2,1-3H3,(H,18,21)(H2,17,19,22). The maximum Gasteiger partial charge on any atom is 0.338 e. The lowest BCUT2D eigenvalue weighted by Gasteiger charge is -2.29. The summed E-state index contributed by atoms with van der Waals surface area (Å²) < 4.78 is 34.6. The van der Waals surface area contributed by atoms with Gasteiger partial charge in [0.25, 0.3) is 0 Å². The second-order valence-corrected chi connectivity index (χ2v) is 8.05. The number of urea groups is 1. The number of benzene rings is 1. The molecule has 0 bridgehead atoms. The fourth-order valence-corrected chi connectivity index (χ4v) is 3.60. The molecular weight excluding hydrogens is 376 g/mol. The van der Waals surface area contributed by atoms with E-state index in [0.717, 1.165) is 6.26 Å². The van der Waals surface area contributed by atoms with Crippen molar-refractivity contribution in [3.63, 3.8) is 0 Å². The van der Waals surface area contributed by atoms with Crippen molar-refractivity contribution in [1.82, 2.24) is 15.2 Å². The highest BCUT2D eigenvalue weighted by Gasteiger charge is 2.29. The van der Waals surface area contributed by atoms with E-state index in [9.17, 15) is 18.0 Å². The molecule has 1 aromatic carbocycles. The number of carbonyl (C=O) groups is 2. The van der Waals surface area contributed by atoms with Crippen LogP contribution in [0.1, 0.15) is 12.8 Å². The summed E-state index contributed by atoms with van der Waals surface area (Å²) in [6.07, 6.45) is 1.94. The predicted octanol–water partition coefficient (Wildman–Crippen LogP) is 0.528. The summed E-state index contributed by atoms with van der Waals surface area (Å²) in [4.78, 5) is 24.1. The number of nitrogens with zero attached hydrogens (tertiary/aromatic N) is 1. The third-order valence-electron chi connectivity index (χ3n) is 4.25. The normalized spacial score (nSPS) is 15.7. The Balaban J connectivity index is 1.83. The number of amides is 3. The molecule has 0 aromatic heterocycles. The number of piperidine rings is 1. The van der Waals surface area contributed by atoms with Crippen molar-refractivity contribution in [2.24, 2.45) is 5.92 Å². The minimum atomic E-state index is -3.25. The quantitative estimate of drug-likeness (QED) is 0.619. The summed E-state index contributed by atoms with van der Waals surface area (Å²) in [6, 6.07) is 4.25. The van der Waals surface area contributed by atoms with Gasteiger partial charge in [0.05, 0.1) is 26.2 Å². The molecule has 0 radical (unpaired) electrons. The average Bonchev–Trinajstić information content (AvgIpc) is 2.65. The Hall–Kier alpha value is -2.53. The lowest BCUT2D eigenvalue weighted by atomic mass is 9.98. The summed E-state index contributed by atoms with van der Waals surface area (Å²) in [5, 5.41) is 2.57. The Kier molecular flexibility index (Phi) is 6.86. The van der Waals surface area contributed by atoms with Gasteiger partial charge in [-0.15, -0.1) is 0 Å². The second-order valence-electron chi connectivity index (χ2n) is 6.07. The maximum absolute atomic E-state index is 12.2. The number of sulfonamides is 1. The van der Waals surface area contributed by atoms with Crippen LogP contribution in [0.15, 0.2) is 18.2 Å². The second kappa shape index (κ2) is 8.91. The molecule has 27 heavy (non-hydrogen) atoms. The molecule has 10 nitrogen and oxygen atoms in total. The Labute approximate surface area is 158 Å². The zero-order valence-electron chi connectivity index (χ0n) is 15.4. The molecule has 0 spiro atoms. The topological polar surface area (TPSA) is 126 Å². The number of hydrazine groups is 1. The van der Waals surface area contributed by atoms with Crippen LogP contribution < -0.4 is 25.6 Å². The summed E-state index contributed by atoms with van der Waals surface area (Å²) >= 11 is 0. The summed E-state index contributed by atoms with van der Waals surface area (Å²) in [5.41, 5.74) is 5.04. The molecule has 1 fully saturated rings. The van der Waals surface area contributed by atoms with Gasteiger partial charge in [0.15, 0.2) is 0 Å². The minimum absolute atomic E-state index is 0.284. The number of carbonyl (C=O) groups excluding carboxylic acids is 2. The van der Waals surface area contributed by atoms with Crippen molar-refractivity contribution < 1.29 is 27.5 Å². The molecule has 0 aliphatic carbocycles. The first-order valence-electron chi connectivity index (χ1n) is 8.28. The van der Waals surface area contributed by atoms with E-state index < -0.39 is 16.1 Å². The van der Waals surface area contributed by atoms with Gasteiger partial charge >= 0.3 is 6.03 Å². The molecule has 11 heteroatoms. The average molecular weight is 400 g/mol. The van der Waals surface area contributed by atoms with E-state index in [1.807, 2.05) is 0 Å². The minimum Gasteiger partial charge on any atom is -0.497 e. The molecule has 0 saturated carbocycles. The molecule has 0 atom stereocenters. The molecule has 1 heterocycles. The Morgan fingerprint density at radius 1 is 1.11 bits per heavy atom. The number of nitrogens with one attached hydrogen (secondary N) is 3. The summed E-state index contributed by atoms with van der Waals surface area (Å²) in [7, 11) is -0.267. The van der Waals surface area contributed by atoms with Crippen molar-refractivity contribution in [2.75, 3.05) is 38.9 Å². The maximum atomic E-state index is 12.2. The predicted molar refractivity (Wildman–Crippen MR) is 99.0 cm³/mol. The fraction of sp³-hybridized carbons (Fsp3) is 0.500. The Bertz CT molecular complexity index is 790. The van der Waals surface area contributed by atoms with Crippen LogP contribution >= 0.6 is 0 Å². The van der Waals surface area contributed by atoms with E-state index in [4.69, 9.17) is 9.47 Å². The van der Waals surface area contributed by atoms with Gasteiger partial charge in [-0.25, -0.2) is 22.9 Å². The SMILES string of the molecule is COc1ccc(NC(=O)NNC(=O)C2CCN(S(C)(=O)=O)CC2)c(OC)c1. The number of ether oxygens (including phenoxy) is 2. The van der Waals surface area contributed by atoms with Gasteiger partial charge in [-0.05, 0) is 25.0 Å². The number of anilines is 1. The van der Waals surface area contributed by atoms with Crippen molar-refractivity contribution >= 4 is 27.6 Å². The number of rotatable bonds is 5. The Morgan fingerprint density at radius 2 is 1.78 bits per heavy atom. The van der Waals surface area contributed by atoms with Gasteiger partial charge in [0.1, 0.15) is 11.5 Å². The molecule has 3 N–H and O–H groups in total. The van der Waals surface area contributed by atoms with E-state index in [2.05, 4.69) is 16.2 Å². The van der Waals surface area contributed by atoms with Gasteiger partial charge in [0, 0.05) is 25.1 Å². The summed E-state index contributed by atoms with van der Waals surface area (Å²) in [6.45, 7) is 0.568. The van der Waals surface area contributed by atoms with E-state index in [1.165, 1.54) is 18.5 Å². The molecule has 1 aromatic rings. The van der Waals surface area contributed by atoms with Crippen LogP contribution in [0.25, 0.3) is 0 Å². The third kappa shape index (κ3) is 5.73. The monoisotopic (exact) mass is 400 g/mol. The molecular formula is C16H24N4O6S. The van der Waals surface area contributed by atoms with Crippen molar-refractivity contribution in [3.8, 4) is 11.5 Å². The van der Waals surface area contributed by atoms with E-state index >= 15 is 0 Å². The fourth-order valence-electron chi connectivity index (χ4n) is 2.73. The highest BCUT2D eigenvalue weighted by molar-refractivity contribution is 7.88. The first-order valence-corrected chi connectivity index (χ1v) is 10.1. The molecule has 2 rings (SSSR count). The first-order chi connectivity index (χ1) is 12.7. The smallest absolute Gasteiger partial charge is 0.338 e. The number of methoxy groups -OCH3 is 2. The van der Waals surface area contributed by atoms with Crippen molar-refractivity contribution in [2.45, 2.75) is 12.8 Å². The molecule has 0 unspecified atom stereocenters. The van der Waals surface area contributed by atoms with Crippen LogP contribution in [-0.2, 0) is 14.8 Å². The van der Waals surface area contributed by atoms with Gasteiger partial charge in [-0.3, -0.25) is 10.2 Å². The van der Waals surface area contributed by atoms with Crippen LogP contribution in [0.3, 0.4) is 0 Å². The lowest BCUT2D eigenvalue weighted by Crippen LogP contribution is -2.49. The number of hydrogen-bond acceptors (Lipinski definition) is 6. The van der Waals surface area contributed by atoms with Gasteiger partial charge < -0.3 is 14.8 Å². The van der Waals surface area contributed by atoms with Crippen LogP contribution in [0.4, 0.5) is 10.5 Å². The van der Waals surface area contributed by atoms with Crippen LogP contribution in [-0.4, -0.2) is 58.2 Å².